The van der Waals surface area contributed by atoms with Crippen LogP contribution in [0.2, 0.25) is 20.1 Å². The van der Waals surface area contributed by atoms with E-state index in [1.165, 1.54) is 42.7 Å². The third kappa shape index (κ3) is 3.66. The van der Waals surface area contributed by atoms with Crippen molar-refractivity contribution in [1.82, 2.24) is 14.8 Å². The molecule has 7 nitrogen and oxygen atoms in total. The molecule has 0 unspecified atom stereocenters. The lowest BCUT2D eigenvalue weighted by Gasteiger charge is -2.11. The van der Waals surface area contributed by atoms with Crippen molar-refractivity contribution in [3.05, 3.63) is 79.2 Å². The molecule has 4 aromatic rings. The Balaban J connectivity index is 1.69. The van der Waals surface area contributed by atoms with Crippen LogP contribution in [0.3, 0.4) is 0 Å². The fourth-order valence-electron chi connectivity index (χ4n) is 2.82. The van der Waals surface area contributed by atoms with Crippen molar-refractivity contribution in [2.75, 3.05) is 4.72 Å². The summed E-state index contributed by atoms with van der Waals surface area (Å²) in [6.07, 6.45) is 2.75. The summed E-state index contributed by atoms with van der Waals surface area (Å²) in [7, 11) is -3.94. The van der Waals surface area contributed by atoms with Gasteiger partial charge in [-0.25, -0.2) is 8.42 Å². The van der Waals surface area contributed by atoms with Gasteiger partial charge >= 0.3 is 0 Å². The quantitative estimate of drug-likeness (QED) is 0.403. The molecule has 0 saturated heterocycles. The molecule has 0 saturated carbocycles. The van der Waals surface area contributed by atoms with Crippen LogP contribution in [-0.2, 0) is 10.0 Å². The molecule has 0 fully saturated rings. The van der Waals surface area contributed by atoms with Crippen LogP contribution in [0.4, 0.5) is 5.69 Å². The van der Waals surface area contributed by atoms with Gasteiger partial charge in [-0.05, 0) is 36.4 Å². The Labute approximate surface area is 190 Å². The van der Waals surface area contributed by atoms with Gasteiger partial charge in [0.05, 0.1) is 43.1 Å². The summed E-state index contributed by atoms with van der Waals surface area (Å²) >= 11 is 23.9. The lowest BCUT2D eigenvalue weighted by Crippen LogP contribution is -2.21. The van der Waals surface area contributed by atoms with Crippen LogP contribution in [0.15, 0.2) is 58.5 Å². The van der Waals surface area contributed by atoms with E-state index in [1.54, 1.807) is 6.07 Å². The Morgan fingerprint density at radius 1 is 0.933 bits per heavy atom. The second kappa shape index (κ2) is 7.79. The monoisotopic (exact) mass is 502 g/mol. The molecule has 0 aliphatic rings. The molecule has 2 N–H and O–H groups in total. The van der Waals surface area contributed by atoms with Crippen LogP contribution in [0, 0.1) is 0 Å². The van der Waals surface area contributed by atoms with Crippen molar-refractivity contribution in [3.63, 3.8) is 0 Å². The maximum atomic E-state index is 12.8. The van der Waals surface area contributed by atoms with E-state index in [4.69, 9.17) is 46.4 Å². The maximum Gasteiger partial charge on any atom is 0.291 e. The van der Waals surface area contributed by atoms with Crippen LogP contribution in [-0.4, -0.2) is 23.2 Å². The summed E-state index contributed by atoms with van der Waals surface area (Å²) in [5, 5.41) is 5.03. The fourth-order valence-corrected chi connectivity index (χ4v) is 4.70. The smallest absolute Gasteiger partial charge is 0.291 e. The van der Waals surface area contributed by atoms with Gasteiger partial charge in [0.1, 0.15) is 5.02 Å². The van der Waals surface area contributed by atoms with Gasteiger partial charge in [0.25, 0.3) is 15.6 Å². The van der Waals surface area contributed by atoms with E-state index >= 15 is 0 Å². The largest absolute Gasteiger partial charge is 0.358 e. The second-order valence-corrected chi connectivity index (χ2v) is 9.39. The first-order chi connectivity index (χ1) is 14.2. The van der Waals surface area contributed by atoms with Crippen LogP contribution in [0.1, 0.15) is 0 Å². The van der Waals surface area contributed by atoms with Crippen molar-refractivity contribution >= 4 is 73.0 Å². The molecule has 0 aliphatic heterocycles. The van der Waals surface area contributed by atoms with Crippen LogP contribution in [0.25, 0.3) is 16.6 Å². The van der Waals surface area contributed by atoms with Crippen LogP contribution < -0.4 is 10.3 Å². The molecule has 2 heterocycles. The van der Waals surface area contributed by atoms with Crippen molar-refractivity contribution in [1.29, 1.82) is 0 Å². The first-order valence-corrected chi connectivity index (χ1v) is 11.2. The first-order valence-electron chi connectivity index (χ1n) is 8.21. The van der Waals surface area contributed by atoms with Gasteiger partial charge in [0, 0.05) is 11.6 Å². The number of benzene rings is 2. The van der Waals surface area contributed by atoms with Crippen molar-refractivity contribution in [2.45, 2.75) is 4.90 Å². The zero-order chi connectivity index (χ0) is 21.6. The van der Waals surface area contributed by atoms with E-state index in [1.807, 2.05) is 0 Å². The van der Waals surface area contributed by atoms with Gasteiger partial charge < -0.3 is 4.98 Å². The number of aromatic amines is 1. The van der Waals surface area contributed by atoms with E-state index in [9.17, 15) is 13.2 Å². The maximum absolute atomic E-state index is 12.8. The highest BCUT2D eigenvalue weighted by molar-refractivity contribution is 7.92. The molecular formula is C18H10Cl4N4O3S. The minimum Gasteiger partial charge on any atom is -0.358 e. The topological polar surface area (TPSA) is 96.8 Å². The molecule has 0 radical (unpaired) electrons. The number of sulfonamides is 1. The number of rotatable bonds is 4. The van der Waals surface area contributed by atoms with Gasteiger partial charge in [-0.3, -0.25) is 9.52 Å². The Kier molecular flexibility index (Phi) is 5.46. The number of fused-ring (bicyclic) bond motifs is 1. The summed E-state index contributed by atoms with van der Waals surface area (Å²) in [6, 6.07) is 8.61. The summed E-state index contributed by atoms with van der Waals surface area (Å²) in [6.45, 7) is 0. The van der Waals surface area contributed by atoms with Gasteiger partial charge in [-0.2, -0.15) is 9.78 Å². The van der Waals surface area contributed by atoms with Gasteiger partial charge in [-0.1, -0.05) is 46.4 Å². The van der Waals surface area contributed by atoms with E-state index in [0.29, 0.717) is 26.6 Å². The minimum absolute atomic E-state index is 0.0277. The molecule has 154 valence electrons. The number of anilines is 1. The van der Waals surface area contributed by atoms with Crippen LogP contribution in [0.5, 0.6) is 0 Å². The zero-order valence-electron chi connectivity index (χ0n) is 14.7. The van der Waals surface area contributed by atoms with Crippen molar-refractivity contribution < 1.29 is 8.42 Å². The Bertz CT molecular complexity index is 1450. The second-order valence-electron chi connectivity index (χ2n) is 6.10. The molecule has 2 aromatic heterocycles. The number of aromatic nitrogens is 3. The van der Waals surface area contributed by atoms with E-state index in [-0.39, 0.29) is 20.6 Å². The molecule has 0 spiro atoms. The Morgan fingerprint density at radius 3 is 2.33 bits per heavy atom. The number of nitrogens with zero attached hydrogens (tertiary/aromatic N) is 2. The molecule has 0 aliphatic carbocycles. The Hall–Kier alpha value is -2.23. The SMILES string of the molecule is O=c1c(Cl)c(Cl)cnn1-c1ccc(S(=O)(=O)Nc2ccc(Cl)c3c(Cl)c[nH]c23)cc1. The molecule has 0 amide bonds. The molecule has 0 bridgehead atoms. The predicted octanol–water partition coefficient (Wildman–Crippen LogP) is 5.13. The summed E-state index contributed by atoms with van der Waals surface area (Å²) in [4.78, 5) is 15.1. The lowest BCUT2D eigenvalue weighted by atomic mass is 10.2. The first kappa shape index (κ1) is 21.0. The standard InChI is InChI=1S/C18H10Cl4N4O3S/c19-11-5-6-14(17-15(11)12(20)7-23-17)25-30(28,29)10-3-1-9(2-4-10)26-18(27)16(22)13(21)8-24-26/h1-8,23,25H. The summed E-state index contributed by atoms with van der Waals surface area (Å²) in [5.74, 6) is 0. The predicted molar refractivity (Wildman–Crippen MR) is 119 cm³/mol. The lowest BCUT2D eigenvalue weighted by molar-refractivity contribution is 0.601. The third-order valence-corrected chi connectivity index (χ3v) is 6.99. The zero-order valence-corrected chi connectivity index (χ0v) is 18.5. The van der Waals surface area contributed by atoms with E-state index < -0.39 is 15.6 Å². The molecular weight excluding hydrogens is 494 g/mol. The number of hydrogen-bond donors (Lipinski definition) is 2. The highest BCUT2D eigenvalue weighted by Crippen LogP contribution is 2.35. The number of halogens is 4. The molecule has 0 atom stereocenters. The molecule has 30 heavy (non-hydrogen) atoms. The summed E-state index contributed by atoms with van der Waals surface area (Å²) < 4.78 is 29.2. The average Bonchev–Trinajstić information content (AvgIpc) is 3.11. The number of nitrogens with one attached hydrogen (secondary N) is 2. The Morgan fingerprint density at radius 2 is 1.63 bits per heavy atom. The highest BCUT2D eigenvalue weighted by Gasteiger charge is 2.18. The normalized spacial score (nSPS) is 11.7. The number of H-pyrrole nitrogens is 1. The molecule has 2 aromatic carbocycles. The third-order valence-electron chi connectivity index (χ3n) is 4.25. The fraction of sp³-hybridized carbons (Fsp3) is 0. The van der Waals surface area contributed by atoms with Gasteiger partial charge in [0.2, 0.25) is 0 Å². The highest BCUT2D eigenvalue weighted by atomic mass is 35.5. The average molecular weight is 504 g/mol. The number of hydrogen-bond acceptors (Lipinski definition) is 4. The van der Waals surface area contributed by atoms with E-state index in [0.717, 1.165) is 4.68 Å². The van der Waals surface area contributed by atoms with Crippen molar-refractivity contribution in [3.8, 4) is 5.69 Å². The van der Waals surface area contributed by atoms with Gasteiger partial charge in [0.15, 0.2) is 0 Å². The van der Waals surface area contributed by atoms with Gasteiger partial charge in [-0.15, -0.1) is 0 Å². The molecule has 4 rings (SSSR count). The summed E-state index contributed by atoms with van der Waals surface area (Å²) in [5.41, 5.74) is 0.444. The minimum atomic E-state index is -3.94. The van der Waals surface area contributed by atoms with Crippen molar-refractivity contribution in [2.24, 2.45) is 0 Å². The van der Waals surface area contributed by atoms with E-state index in [2.05, 4.69) is 14.8 Å². The van der Waals surface area contributed by atoms with Crippen LogP contribution >= 0.6 is 46.4 Å². The molecule has 12 heteroatoms.